The van der Waals surface area contributed by atoms with Crippen LogP contribution in [0.3, 0.4) is 0 Å². The van der Waals surface area contributed by atoms with E-state index >= 15 is 0 Å². The van der Waals surface area contributed by atoms with Gasteiger partial charge in [-0.15, -0.1) is 0 Å². The van der Waals surface area contributed by atoms with Gasteiger partial charge in [0.25, 0.3) is 0 Å². The molecule has 0 atom stereocenters. The van der Waals surface area contributed by atoms with Crippen molar-refractivity contribution >= 4 is 5.91 Å². The summed E-state index contributed by atoms with van der Waals surface area (Å²) in [6, 6.07) is 0. The minimum atomic E-state index is 0.190. The van der Waals surface area contributed by atoms with Crippen molar-refractivity contribution < 1.29 is 4.79 Å². The topological polar surface area (TPSA) is 35.6 Å². The number of amides is 1. The summed E-state index contributed by atoms with van der Waals surface area (Å²) in [6.07, 6.45) is 1.50. The molecule has 0 bridgehead atoms. The lowest BCUT2D eigenvalue weighted by Gasteiger charge is -2.13. The van der Waals surface area contributed by atoms with Gasteiger partial charge in [-0.2, -0.15) is 0 Å². The second-order valence-corrected chi connectivity index (χ2v) is 3.19. The zero-order valence-electron chi connectivity index (χ0n) is 8.42. The van der Waals surface area contributed by atoms with Gasteiger partial charge in [0.1, 0.15) is 0 Å². The van der Waals surface area contributed by atoms with Crippen LogP contribution in [0.5, 0.6) is 0 Å². The summed E-state index contributed by atoms with van der Waals surface area (Å²) in [5, 5.41) is 1.89. The van der Waals surface area contributed by atoms with Gasteiger partial charge in [0.15, 0.2) is 0 Å². The van der Waals surface area contributed by atoms with Gasteiger partial charge in [-0.1, -0.05) is 0 Å². The summed E-state index contributed by atoms with van der Waals surface area (Å²) in [6.45, 7) is 0.854. The van der Waals surface area contributed by atoms with Gasteiger partial charge in [0, 0.05) is 41.2 Å². The summed E-state index contributed by atoms with van der Waals surface area (Å²) in [5.74, 6) is 0.190. The highest BCUT2D eigenvalue weighted by Crippen LogP contribution is 1.91. The lowest BCUT2D eigenvalue weighted by atomic mass is 10.3. The minimum absolute atomic E-state index is 0.190. The third-order valence-corrected chi connectivity index (χ3v) is 1.49. The van der Waals surface area contributed by atoms with Crippen molar-refractivity contribution in [2.75, 3.05) is 34.7 Å². The summed E-state index contributed by atoms with van der Waals surface area (Å²) in [4.78, 5) is 12.7. The van der Waals surface area contributed by atoms with Crippen molar-refractivity contribution in [1.82, 2.24) is 15.3 Å². The maximum Gasteiger partial charge on any atom is 0.222 e. The third-order valence-electron chi connectivity index (χ3n) is 1.49. The van der Waals surface area contributed by atoms with Crippen LogP contribution in [0.1, 0.15) is 12.8 Å². The second kappa shape index (κ2) is 5.97. The summed E-state index contributed by atoms with van der Waals surface area (Å²) in [7, 11) is 7.44. The van der Waals surface area contributed by atoms with Crippen LogP contribution >= 0.6 is 0 Å². The van der Waals surface area contributed by atoms with E-state index in [0.717, 1.165) is 13.0 Å². The van der Waals surface area contributed by atoms with Crippen LogP contribution in [-0.4, -0.2) is 50.6 Å². The Bertz CT molecular complexity index is 134. The standard InChI is InChI=1S/C8H19N3O/c1-10(2)8(12)6-5-7-9-11(3)4/h9H,5-7H2,1-4H3. The van der Waals surface area contributed by atoms with E-state index in [9.17, 15) is 4.79 Å². The zero-order chi connectivity index (χ0) is 9.56. The highest BCUT2D eigenvalue weighted by molar-refractivity contribution is 5.75. The first kappa shape index (κ1) is 11.4. The summed E-state index contributed by atoms with van der Waals surface area (Å²) in [5.41, 5.74) is 3.10. The third kappa shape index (κ3) is 6.12. The van der Waals surface area contributed by atoms with E-state index in [1.807, 2.05) is 19.1 Å². The maximum atomic E-state index is 11.1. The molecule has 0 heterocycles. The predicted molar refractivity (Wildman–Crippen MR) is 49.6 cm³/mol. The molecule has 72 valence electrons. The number of hydrazine groups is 1. The molecule has 0 aliphatic heterocycles. The Morgan fingerprint density at radius 3 is 2.25 bits per heavy atom. The number of nitrogens with one attached hydrogen (secondary N) is 1. The Hall–Kier alpha value is -0.610. The van der Waals surface area contributed by atoms with E-state index in [0.29, 0.717) is 6.42 Å². The SMILES string of the molecule is CN(C)NCCCC(=O)N(C)C. The van der Waals surface area contributed by atoms with Gasteiger partial charge in [-0.25, -0.2) is 0 Å². The molecule has 1 N–H and O–H groups in total. The van der Waals surface area contributed by atoms with E-state index in [4.69, 9.17) is 0 Å². The van der Waals surface area contributed by atoms with Crippen molar-refractivity contribution in [2.24, 2.45) is 0 Å². The largest absolute Gasteiger partial charge is 0.349 e. The maximum absolute atomic E-state index is 11.1. The van der Waals surface area contributed by atoms with Gasteiger partial charge in [-0.05, 0) is 6.42 Å². The Morgan fingerprint density at radius 2 is 1.83 bits per heavy atom. The van der Waals surface area contributed by atoms with Crippen LogP contribution in [0.4, 0.5) is 0 Å². The number of carbonyl (C=O) groups is 1. The average molecular weight is 173 g/mol. The molecule has 0 saturated carbocycles. The van der Waals surface area contributed by atoms with Crippen LogP contribution < -0.4 is 5.43 Å². The molecule has 12 heavy (non-hydrogen) atoms. The fourth-order valence-electron chi connectivity index (χ4n) is 0.766. The first-order valence-electron chi connectivity index (χ1n) is 4.15. The molecule has 4 heteroatoms. The number of carbonyl (C=O) groups excluding carboxylic acids is 1. The monoisotopic (exact) mass is 173 g/mol. The molecule has 0 radical (unpaired) electrons. The second-order valence-electron chi connectivity index (χ2n) is 3.19. The van der Waals surface area contributed by atoms with Crippen molar-refractivity contribution in [3.05, 3.63) is 0 Å². The highest BCUT2D eigenvalue weighted by Gasteiger charge is 2.02. The Morgan fingerprint density at radius 1 is 1.25 bits per heavy atom. The molecule has 0 unspecified atom stereocenters. The Balaban J connectivity index is 3.26. The van der Waals surface area contributed by atoms with E-state index in [2.05, 4.69) is 5.43 Å². The molecule has 4 nitrogen and oxygen atoms in total. The number of hydrogen-bond acceptors (Lipinski definition) is 3. The molecule has 0 aromatic rings. The van der Waals surface area contributed by atoms with Crippen LogP contribution in [0.15, 0.2) is 0 Å². The van der Waals surface area contributed by atoms with Crippen molar-refractivity contribution in [2.45, 2.75) is 12.8 Å². The lowest BCUT2D eigenvalue weighted by Crippen LogP contribution is -2.32. The fraction of sp³-hybridized carbons (Fsp3) is 0.875. The lowest BCUT2D eigenvalue weighted by molar-refractivity contribution is -0.128. The molecule has 0 aromatic carbocycles. The average Bonchev–Trinajstić information content (AvgIpc) is 1.97. The van der Waals surface area contributed by atoms with Crippen LogP contribution in [0.2, 0.25) is 0 Å². The van der Waals surface area contributed by atoms with Gasteiger partial charge >= 0.3 is 0 Å². The molecule has 0 rings (SSSR count). The van der Waals surface area contributed by atoms with Gasteiger partial charge in [-0.3, -0.25) is 15.2 Å². The fourth-order valence-corrected chi connectivity index (χ4v) is 0.766. The first-order valence-corrected chi connectivity index (χ1v) is 4.15. The van der Waals surface area contributed by atoms with Crippen LogP contribution in [0.25, 0.3) is 0 Å². The minimum Gasteiger partial charge on any atom is -0.349 e. The van der Waals surface area contributed by atoms with Crippen LogP contribution in [-0.2, 0) is 4.79 Å². The number of hydrogen-bond donors (Lipinski definition) is 1. The van der Waals surface area contributed by atoms with Gasteiger partial charge in [0.2, 0.25) is 5.91 Å². The van der Waals surface area contributed by atoms with Gasteiger partial charge in [0.05, 0.1) is 0 Å². The molecule has 0 saturated heterocycles. The zero-order valence-corrected chi connectivity index (χ0v) is 8.42. The van der Waals surface area contributed by atoms with Crippen LogP contribution in [0, 0.1) is 0 Å². The molecule has 1 amide bonds. The van der Waals surface area contributed by atoms with Crippen molar-refractivity contribution in [3.63, 3.8) is 0 Å². The van der Waals surface area contributed by atoms with E-state index in [1.54, 1.807) is 19.0 Å². The molecule has 0 fully saturated rings. The van der Waals surface area contributed by atoms with E-state index < -0.39 is 0 Å². The van der Waals surface area contributed by atoms with Crippen molar-refractivity contribution in [3.8, 4) is 0 Å². The summed E-state index contributed by atoms with van der Waals surface area (Å²) < 4.78 is 0. The molecular weight excluding hydrogens is 154 g/mol. The Kier molecular flexibility index (Phi) is 5.66. The number of rotatable bonds is 5. The predicted octanol–water partition coefficient (Wildman–Crippen LogP) is -0.0790. The normalized spacial score (nSPS) is 10.4. The smallest absolute Gasteiger partial charge is 0.222 e. The van der Waals surface area contributed by atoms with E-state index in [1.165, 1.54) is 0 Å². The molecule has 0 aliphatic carbocycles. The van der Waals surface area contributed by atoms with Crippen molar-refractivity contribution in [1.29, 1.82) is 0 Å². The first-order chi connectivity index (χ1) is 5.54. The summed E-state index contributed by atoms with van der Waals surface area (Å²) >= 11 is 0. The Labute approximate surface area is 74.5 Å². The molecule has 0 aromatic heterocycles. The highest BCUT2D eigenvalue weighted by atomic mass is 16.2. The molecule has 0 spiro atoms. The quantitative estimate of drug-likeness (QED) is 0.466. The molecule has 0 aliphatic rings. The number of nitrogens with zero attached hydrogens (tertiary/aromatic N) is 2. The molecular formula is C8H19N3O. The van der Waals surface area contributed by atoms with E-state index in [-0.39, 0.29) is 5.91 Å². The van der Waals surface area contributed by atoms with Gasteiger partial charge < -0.3 is 4.90 Å².